The Labute approximate surface area is 150 Å². The van der Waals surface area contributed by atoms with Crippen LogP contribution in [0.15, 0.2) is 46.9 Å². The first kappa shape index (κ1) is 18.5. The zero-order valence-electron chi connectivity index (χ0n) is 13.7. The number of hydrogen-bond donors (Lipinski definition) is 1. The molecule has 0 heterocycles. The summed E-state index contributed by atoms with van der Waals surface area (Å²) in [4.78, 5) is 12.3. The van der Waals surface area contributed by atoms with Crippen molar-refractivity contribution in [2.75, 3.05) is 22.4 Å². The molecule has 0 atom stereocenters. The van der Waals surface area contributed by atoms with Gasteiger partial charge in [-0.05, 0) is 55.3 Å². The molecule has 0 aliphatic rings. The van der Waals surface area contributed by atoms with Crippen molar-refractivity contribution < 1.29 is 13.2 Å². The quantitative estimate of drug-likeness (QED) is 0.820. The van der Waals surface area contributed by atoms with Crippen molar-refractivity contribution >= 4 is 43.2 Å². The number of sulfonamides is 1. The summed E-state index contributed by atoms with van der Waals surface area (Å²) in [6, 6.07) is 12.6. The summed E-state index contributed by atoms with van der Waals surface area (Å²) in [6.07, 6.45) is 1.10. The van der Waals surface area contributed by atoms with Crippen LogP contribution in [-0.2, 0) is 14.8 Å². The van der Waals surface area contributed by atoms with E-state index in [4.69, 9.17) is 0 Å². The van der Waals surface area contributed by atoms with Gasteiger partial charge in [0.2, 0.25) is 15.9 Å². The van der Waals surface area contributed by atoms with E-state index in [-0.39, 0.29) is 6.54 Å². The Hall–Kier alpha value is -1.86. The average Bonchev–Trinajstić information content (AvgIpc) is 2.49. The van der Waals surface area contributed by atoms with Crippen LogP contribution in [0.25, 0.3) is 0 Å². The lowest BCUT2D eigenvalue weighted by atomic mass is 10.1. The van der Waals surface area contributed by atoms with Crippen LogP contribution >= 0.6 is 15.9 Å². The number of nitrogens with zero attached hydrogens (tertiary/aromatic N) is 1. The molecule has 0 spiro atoms. The fourth-order valence-corrected chi connectivity index (χ4v) is 3.40. The molecule has 0 aliphatic heterocycles. The lowest BCUT2D eigenvalue weighted by Crippen LogP contribution is -2.37. The van der Waals surface area contributed by atoms with E-state index >= 15 is 0 Å². The van der Waals surface area contributed by atoms with Gasteiger partial charge in [-0.25, -0.2) is 8.42 Å². The van der Waals surface area contributed by atoms with Gasteiger partial charge in [-0.15, -0.1) is 0 Å². The Balaban J connectivity index is 2.25. The number of carbonyl (C=O) groups excluding carboxylic acids is 1. The minimum atomic E-state index is -3.59. The number of carbonyl (C=O) groups is 1. The summed E-state index contributed by atoms with van der Waals surface area (Å²) in [5, 5.41) is 2.71. The zero-order valence-corrected chi connectivity index (χ0v) is 16.1. The van der Waals surface area contributed by atoms with Crippen LogP contribution in [0.4, 0.5) is 11.4 Å². The minimum absolute atomic E-state index is 0.279. The maximum Gasteiger partial charge on any atom is 0.245 e. The van der Waals surface area contributed by atoms with Gasteiger partial charge in [-0.2, -0.15) is 0 Å². The van der Waals surface area contributed by atoms with Gasteiger partial charge in [-0.3, -0.25) is 9.10 Å². The molecule has 1 amide bonds. The Kier molecular flexibility index (Phi) is 5.66. The van der Waals surface area contributed by atoms with Crippen molar-refractivity contribution in [3.8, 4) is 0 Å². The van der Waals surface area contributed by atoms with Crippen molar-refractivity contribution in [3.63, 3.8) is 0 Å². The highest BCUT2D eigenvalue weighted by Crippen LogP contribution is 2.24. The first-order valence-corrected chi connectivity index (χ1v) is 9.91. The van der Waals surface area contributed by atoms with Gasteiger partial charge < -0.3 is 5.32 Å². The van der Waals surface area contributed by atoms with Crippen LogP contribution in [0.2, 0.25) is 0 Å². The number of benzene rings is 2. The molecule has 2 aromatic rings. The maximum atomic E-state index is 12.3. The Bertz CT molecular complexity index is 849. The summed E-state index contributed by atoms with van der Waals surface area (Å²) in [5.41, 5.74) is 2.85. The molecule has 128 valence electrons. The molecule has 7 heteroatoms. The average molecular weight is 411 g/mol. The Morgan fingerprint density at radius 3 is 2.33 bits per heavy atom. The molecular formula is C17H19BrN2O3S. The number of hydrogen-bond acceptors (Lipinski definition) is 3. The third kappa shape index (κ3) is 4.82. The molecular weight excluding hydrogens is 392 g/mol. The number of amides is 1. The molecule has 0 saturated carbocycles. The molecule has 0 aliphatic carbocycles. The molecule has 24 heavy (non-hydrogen) atoms. The highest BCUT2D eigenvalue weighted by Gasteiger charge is 2.22. The van der Waals surface area contributed by atoms with E-state index in [1.54, 1.807) is 30.3 Å². The van der Waals surface area contributed by atoms with Crippen molar-refractivity contribution in [2.24, 2.45) is 0 Å². The van der Waals surface area contributed by atoms with Gasteiger partial charge in [0.1, 0.15) is 6.54 Å². The molecule has 0 aromatic heterocycles. The number of anilines is 2. The zero-order chi connectivity index (χ0) is 17.9. The predicted molar refractivity (Wildman–Crippen MR) is 101 cm³/mol. The van der Waals surface area contributed by atoms with E-state index < -0.39 is 15.9 Å². The van der Waals surface area contributed by atoms with Gasteiger partial charge >= 0.3 is 0 Å². The topological polar surface area (TPSA) is 66.5 Å². The lowest BCUT2D eigenvalue weighted by Gasteiger charge is -2.24. The van der Waals surface area contributed by atoms with Crippen molar-refractivity contribution in [1.29, 1.82) is 0 Å². The molecule has 0 fully saturated rings. The standard InChI is InChI=1S/C17H19BrN2O3S/c1-12-4-5-13(2)16(10-12)20(24(3,22)23)11-17(21)19-15-8-6-14(18)7-9-15/h4-10H,11H2,1-3H3,(H,19,21). The molecule has 2 aromatic carbocycles. The van der Waals surface area contributed by atoms with E-state index in [0.717, 1.165) is 26.2 Å². The highest BCUT2D eigenvalue weighted by molar-refractivity contribution is 9.10. The SMILES string of the molecule is Cc1ccc(C)c(N(CC(=O)Nc2ccc(Br)cc2)S(C)(=O)=O)c1. The van der Waals surface area contributed by atoms with E-state index in [1.165, 1.54) is 0 Å². The molecule has 0 unspecified atom stereocenters. The fourth-order valence-electron chi connectivity index (χ4n) is 2.23. The molecule has 0 bridgehead atoms. The van der Waals surface area contributed by atoms with Gasteiger partial charge in [0.15, 0.2) is 0 Å². The monoisotopic (exact) mass is 410 g/mol. The smallest absolute Gasteiger partial charge is 0.245 e. The first-order chi connectivity index (χ1) is 11.2. The molecule has 0 radical (unpaired) electrons. The van der Waals surface area contributed by atoms with Crippen molar-refractivity contribution in [1.82, 2.24) is 0 Å². The van der Waals surface area contributed by atoms with Gasteiger partial charge in [0.25, 0.3) is 0 Å². The fraction of sp³-hybridized carbons (Fsp3) is 0.235. The van der Waals surface area contributed by atoms with Gasteiger partial charge in [0, 0.05) is 10.2 Å². The van der Waals surface area contributed by atoms with E-state index in [1.807, 2.05) is 26.0 Å². The van der Waals surface area contributed by atoms with Crippen LogP contribution in [0.1, 0.15) is 11.1 Å². The molecule has 5 nitrogen and oxygen atoms in total. The maximum absolute atomic E-state index is 12.3. The third-order valence-electron chi connectivity index (χ3n) is 3.45. The molecule has 1 N–H and O–H groups in total. The lowest BCUT2D eigenvalue weighted by molar-refractivity contribution is -0.114. The summed E-state index contributed by atoms with van der Waals surface area (Å²) in [6.45, 7) is 3.42. The second-order valence-electron chi connectivity index (χ2n) is 5.61. The molecule has 0 saturated heterocycles. The van der Waals surface area contributed by atoms with Crippen LogP contribution in [0.3, 0.4) is 0 Å². The van der Waals surface area contributed by atoms with Crippen LogP contribution in [0, 0.1) is 13.8 Å². The second kappa shape index (κ2) is 7.36. The van der Waals surface area contributed by atoms with Crippen LogP contribution in [0.5, 0.6) is 0 Å². The molecule has 2 rings (SSSR count). The summed E-state index contributed by atoms with van der Waals surface area (Å²) in [5.74, 6) is -0.399. The van der Waals surface area contributed by atoms with Gasteiger partial charge in [-0.1, -0.05) is 28.1 Å². The number of rotatable bonds is 5. The van der Waals surface area contributed by atoms with Crippen LogP contribution in [-0.4, -0.2) is 27.1 Å². The van der Waals surface area contributed by atoms with Crippen molar-refractivity contribution in [3.05, 3.63) is 58.1 Å². The van der Waals surface area contributed by atoms with E-state index in [0.29, 0.717) is 11.4 Å². The summed E-state index contributed by atoms with van der Waals surface area (Å²) in [7, 11) is -3.59. The second-order valence-corrected chi connectivity index (χ2v) is 8.44. The van der Waals surface area contributed by atoms with Crippen molar-refractivity contribution in [2.45, 2.75) is 13.8 Å². The summed E-state index contributed by atoms with van der Waals surface area (Å²) >= 11 is 3.32. The minimum Gasteiger partial charge on any atom is -0.325 e. The normalized spacial score (nSPS) is 11.2. The highest BCUT2D eigenvalue weighted by atomic mass is 79.9. The van der Waals surface area contributed by atoms with E-state index in [9.17, 15) is 13.2 Å². The number of halogens is 1. The van der Waals surface area contributed by atoms with Gasteiger partial charge in [0.05, 0.1) is 11.9 Å². The first-order valence-electron chi connectivity index (χ1n) is 7.27. The third-order valence-corrected chi connectivity index (χ3v) is 5.10. The Morgan fingerprint density at radius 1 is 1.12 bits per heavy atom. The predicted octanol–water partition coefficient (Wildman–Crippen LogP) is 3.47. The number of nitrogens with one attached hydrogen (secondary N) is 1. The number of aryl methyl sites for hydroxylation is 2. The largest absolute Gasteiger partial charge is 0.325 e. The van der Waals surface area contributed by atoms with E-state index in [2.05, 4.69) is 21.2 Å². The van der Waals surface area contributed by atoms with Crippen LogP contribution < -0.4 is 9.62 Å². The summed E-state index contributed by atoms with van der Waals surface area (Å²) < 4.78 is 26.4. The Morgan fingerprint density at radius 2 is 1.75 bits per heavy atom.